The van der Waals surface area contributed by atoms with Crippen molar-refractivity contribution in [1.82, 2.24) is 10.2 Å². The van der Waals surface area contributed by atoms with E-state index >= 15 is 0 Å². The summed E-state index contributed by atoms with van der Waals surface area (Å²) in [4.78, 5) is 27.4. The molecule has 1 N–H and O–H groups in total. The fraction of sp³-hybridized carbons (Fsp3) is 0.462. The molecule has 0 aliphatic rings. The molecule has 0 bridgehead atoms. The third-order valence-corrected chi connectivity index (χ3v) is 6.67. The minimum Gasteiger partial charge on any atom is -0.497 e. The first-order chi connectivity index (χ1) is 16.7. The lowest BCUT2D eigenvalue weighted by Gasteiger charge is -2.32. The molecule has 0 aromatic heterocycles. The zero-order chi connectivity index (χ0) is 27.1. The highest BCUT2D eigenvalue weighted by molar-refractivity contribution is 7.92. The average molecular weight is 522 g/mol. The minimum atomic E-state index is -3.61. The van der Waals surface area contributed by atoms with Crippen molar-refractivity contribution in [2.24, 2.45) is 0 Å². The van der Waals surface area contributed by atoms with Gasteiger partial charge in [0.2, 0.25) is 21.8 Å². The van der Waals surface area contributed by atoms with Gasteiger partial charge in [-0.25, -0.2) is 12.8 Å². The molecule has 10 heteroatoms. The molecule has 2 aromatic rings. The summed E-state index contributed by atoms with van der Waals surface area (Å²) < 4.78 is 45.5. The molecular weight excluding hydrogens is 485 g/mol. The number of methoxy groups -OCH3 is 1. The Morgan fingerprint density at radius 2 is 1.69 bits per heavy atom. The van der Waals surface area contributed by atoms with E-state index in [0.29, 0.717) is 11.4 Å². The molecule has 0 saturated carbocycles. The first-order valence-electron chi connectivity index (χ1n) is 11.7. The van der Waals surface area contributed by atoms with Crippen LogP contribution in [0.2, 0.25) is 0 Å². The number of hydrogen-bond acceptors (Lipinski definition) is 5. The number of benzene rings is 2. The summed E-state index contributed by atoms with van der Waals surface area (Å²) in [6.45, 7) is 7.07. The van der Waals surface area contributed by atoms with Crippen LogP contribution in [0, 0.1) is 5.82 Å². The molecule has 0 aliphatic carbocycles. The molecule has 36 heavy (non-hydrogen) atoms. The van der Waals surface area contributed by atoms with Gasteiger partial charge >= 0.3 is 0 Å². The van der Waals surface area contributed by atoms with Crippen LogP contribution in [-0.2, 0) is 26.2 Å². The highest BCUT2D eigenvalue weighted by Gasteiger charge is 2.29. The quantitative estimate of drug-likeness (QED) is 0.486. The molecule has 0 aliphatic heterocycles. The fourth-order valence-electron chi connectivity index (χ4n) is 3.62. The van der Waals surface area contributed by atoms with Crippen molar-refractivity contribution in [1.29, 1.82) is 0 Å². The van der Waals surface area contributed by atoms with Gasteiger partial charge in [0, 0.05) is 30.6 Å². The van der Waals surface area contributed by atoms with Gasteiger partial charge in [-0.3, -0.25) is 13.9 Å². The number of nitrogens with zero attached hydrogens (tertiary/aromatic N) is 2. The van der Waals surface area contributed by atoms with Crippen LogP contribution in [-0.4, -0.2) is 56.6 Å². The molecule has 0 fully saturated rings. The first kappa shape index (κ1) is 29.1. The van der Waals surface area contributed by atoms with Gasteiger partial charge in [-0.15, -0.1) is 0 Å². The van der Waals surface area contributed by atoms with Crippen molar-refractivity contribution in [3.63, 3.8) is 0 Å². The number of amides is 2. The topological polar surface area (TPSA) is 96.0 Å². The molecule has 1 atom stereocenters. The van der Waals surface area contributed by atoms with Crippen molar-refractivity contribution in [2.75, 3.05) is 24.2 Å². The Balaban J connectivity index is 2.19. The summed E-state index contributed by atoms with van der Waals surface area (Å²) in [5, 5.41) is 2.86. The second-order valence-electron chi connectivity index (χ2n) is 9.66. The molecule has 0 heterocycles. The third-order valence-electron chi connectivity index (χ3n) is 5.48. The summed E-state index contributed by atoms with van der Waals surface area (Å²) >= 11 is 0. The number of halogens is 1. The van der Waals surface area contributed by atoms with Crippen molar-refractivity contribution in [3.8, 4) is 5.75 Å². The predicted molar refractivity (Wildman–Crippen MR) is 139 cm³/mol. The van der Waals surface area contributed by atoms with E-state index in [-0.39, 0.29) is 43.3 Å². The molecule has 2 amide bonds. The van der Waals surface area contributed by atoms with Gasteiger partial charge < -0.3 is 15.0 Å². The summed E-state index contributed by atoms with van der Waals surface area (Å²) in [5.41, 5.74) is 0.232. The van der Waals surface area contributed by atoms with Gasteiger partial charge in [-0.1, -0.05) is 18.2 Å². The van der Waals surface area contributed by atoms with Crippen molar-refractivity contribution in [2.45, 2.75) is 58.7 Å². The predicted octanol–water partition coefficient (Wildman–Crippen LogP) is 3.71. The van der Waals surface area contributed by atoms with E-state index in [0.717, 1.165) is 6.26 Å². The van der Waals surface area contributed by atoms with Crippen LogP contribution >= 0.6 is 0 Å². The Labute approximate surface area is 213 Å². The normalized spacial score (nSPS) is 12.5. The van der Waals surface area contributed by atoms with Gasteiger partial charge in [0.15, 0.2) is 0 Å². The van der Waals surface area contributed by atoms with Gasteiger partial charge in [0.1, 0.15) is 17.6 Å². The summed E-state index contributed by atoms with van der Waals surface area (Å²) in [5.74, 6) is -0.614. The Kier molecular flexibility index (Phi) is 9.86. The van der Waals surface area contributed by atoms with Crippen LogP contribution < -0.4 is 14.4 Å². The third kappa shape index (κ3) is 8.51. The van der Waals surface area contributed by atoms with Crippen LogP contribution in [0.25, 0.3) is 0 Å². The van der Waals surface area contributed by atoms with E-state index in [9.17, 15) is 22.4 Å². The highest BCUT2D eigenvalue weighted by atomic mass is 32.2. The molecule has 198 valence electrons. The molecule has 0 unspecified atom stereocenters. The zero-order valence-electron chi connectivity index (χ0n) is 21.7. The molecule has 0 saturated heterocycles. The Morgan fingerprint density at radius 3 is 2.22 bits per heavy atom. The molecule has 2 aromatic carbocycles. The van der Waals surface area contributed by atoms with Gasteiger partial charge in [0.05, 0.1) is 19.1 Å². The van der Waals surface area contributed by atoms with Crippen molar-refractivity contribution >= 4 is 27.5 Å². The second kappa shape index (κ2) is 12.2. The molecule has 0 spiro atoms. The first-order valence-corrected chi connectivity index (χ1v) is 13.5. The van der Waals surface area contributed by atoms with Crippen molar-refractivity contribution < 1.29 is 27.1 Å². The number of nitrogens with one attached hydrogen (secondary N) is 1. The molecule has 2 rings (SSSR count). The van der Waals surface area contributed by atoms with E-state index < -0.39 is 27.4 Å². The van der Waals surface area contributed by atoms with Gasteiger partial charge in [-0.2, -0.15) is 0 Å². The summed E-state index contributed by atoms with van der Waals surface area (Å²) in [6, 6.07) is 11.8. The fourth-order valence-corrected chi connectivity index (χ4v) is 4.58. The van der Waals surface area contributed by atoms with Crippen LogP contribution in [0.1, 0.15) is 46.1 Å². The summed E-state index contributed by atoms with van der Waals surface area (Å²) in [7, 11) is -2.09. The number of rotatable bonds is 11. The Hall–Kier alpha value is -3.14. The molecule has 8 nitrogen and oxygen atoms in total. The number of hydrogen-bond donors (Lipinski definition) is 1. The van der Waals surface area contributed by atoms with E-state index in [1.54, 1.807) is 49.4 Å². The highest BCUT2D eigenvalue weighted by Crippen LogP contribution is 2.22. The summed E-state index contributed by atoms with van der Waals surface area (Å²) in [6.07, 6.45) is 1.28. The SMILES string of the molecule is COc1ccc(N(CCCC(=O)N(Cc2ccccc2F)[C@@H](C)C(=O)NC(C)(C)C)S(C)(=O)=O)cc1. The number of carbonyl (C=O) groups is 2. The van der Waals surface area contributed by atoms with Crippen LogP contribution in [0.15, 0.2) is 48.5 Å². The van der Waals surface area contributed by atoms with Crippen LogP contribution in [0.3, 0.4) is 0 Å². The average Bonchev–Trinajstić information content (AvgIpc) is 2.79. The van der Waals surface area contributed by atoms with Gasteiger partial charge in [0.25, 0.3) is 0 Å². The molecule has 0 radical (unpaired) electrons. The van der Waals surface area contributed by atoms with E-state index in [1.807, 2.05) is 20.8 Å². The standard InChI is InChI=1S/C26H36FN3O5S/c1-19(25(32)28-26(2,3)4)29(18-20-10-7-8-11-23(20)27)24(31)12-9-17-30(36(6,33)34)21-13-15-22(35-5)16-14-21/h7-8,10-11,13-16,19H,9,12,17-18H2,1-6H3,(H,28,32)/t19-/m0/s1. The maximum atomic E-state index is 14.4. The number of anilines is 1. The maximum Gasteiger partial charge on any atom is 0.242 e. The largest absolute Gasteiger partial charge is 0.497 e. The number of sulfonamides is 1. The smallest absolute Gasteiger partial charge is 0.242 e. The zero-order valence-corrected chi connectivity index (χ0v) is 22.6. The van der Waals surface area contributed by atoms with Gasteiger partial charge in [-0.05, 0) is 64.4 Å². The monoisotopic (exact) mass is 521 g/mol. The van der Waals surface area contributed by atoms with Crippen molar-refractivity contribution in [3.05, 3.63) is 59.9 Å². The maximum absolute atomic E-state index is 14.4. The van der Waals surface area contributed by atoms with E-state index in [4.69, 9.17) is 4.74 Å². The molecular formula is C26H36FN3O5S. The second-order valence-corrected chi connectivity index (χ2v) is 11.6. The lowest BCUT2D eigenvalue weighted by molar-refractivity contribution is -0.141. The van der Waals surface area contributed by atoms with Crippen LogP contribution in [0.5, 0.6) is 5.75 Å². The Bertz CT molecular complexity index is 1150. The van der Waals surface area contributed by atoms with E-state index in [1.165, 1.54) is 22.4 Å². The Morgan fingerprint density at radius 1 is 1.08 bits per heavy atom. The minimum absolute atomic E-state index is 0.0240. The van der Waals surface area contributed by atoms with E-state index in [2.05, 4.69) is 5.32 Å². The number of carbonyl (C=O) groups excluding carboxylic acids is 2. The van der Waals surface area contributed by atoms with Crippen LogP contribution in [0.4, 0.5) is 10.1 Å². The number of ether oxygens (including phenoxy) is 1. The lowest BCUT2D eigenvalue weighted by Crippen LogP contribution is -2.52. The lowest BCUT2D eigenvalue weighted by atomic mass is 10.1.